The van der Waals surface area contributed by atoms with Gasteiger partial charge in [-0.2, -0.15) is 0 Å². The minimum atomic E-state index is -1.10. The lowest BCUT2D eigenvalue weighted by molar-refractivity contribution is -0.112. The molecule has 6 nitrogen and oxygen atoms in total. The van der Waals surface area contributed by atoms with Crippen LogP contribution in [0.1, 0.15) is 76.9 Å². The van der Waals surface area contributed by atoms with Crippen LogP contribution in [0.4, 0.5) is 0 Å². The molecule has 1 rings (SSSR count). The highest BCUT2D eigenvalue weighted by Gasteiger charge is 2.33. The Morgan fingerprint density at radius 2 is 1.14 bits per heavy atom. The molecule has 0 bridgehead atoms. The highest BCUT2D eigenvalue weighted by molar-refractivity contribution is 5.89. The number of rotatable bonds is 9. The van der Waals surface area contributed by atoms with Crippen molar-refractivity contribution in [2.75, 3.05) is 13.1 Å². The number of aromatic carboxylic acids is 1. The summed E-state index contributed by atoms with van der Waals surface area (Å²) in [6.07, 6.45) is 1.67. The number of hydrogen-bond donors (Lipinski definition) is 3. The number of aldehydes is 2. The van der Waals surface area contributed by atoms with E-state index in [-0.39, 0.29) is 16.6 Å². The number of carbonyl (C=O) groups excluding carboxylic acids is 2. The molecule has 0 aliphatic carbocycles. The standard InChI is InChI=1S/C23H36N2O4/c1-20(2,3)24-12-22(7,14-26)17-9-16(19(28)29)10-18(11-17)23(8,15-27)13-25-21(4,5)6/h9-11,14-15,24-25H,12-13H2,1-8H3,(H,28,29). The molecule has 0 heterocycles. The Balaban J connectivity index is 3.50. The van der Waals surface area contributed by atoms with E-state index in [4.69, 9.17) is 0 Å². The third-order valence-corrected chi connectivity index (χ3v) is 4.99. The fourth-order valence-corrected chi connectivity index (χ4v) is 2.73. The van der Waals surface area contributed by atoms with E-state index >= 15 is 0 Å². The third-order valence-electron chi connectivity index (χ3n) is 4.99. The van der Waals surface area contributed by atoms with Crippen molar-refractivity contribution in [1.29, 1.82) is 0 Å². The summed E-state index contributed by atoms with van der Waals surface area (Å²) in [5.41, 5.74) is -1.07. The molecule has 0 aliphatic rings. The highest BCUT2D eigenvalue weighted by Crippen LogP contribution is 2.30. The molecule has 2 unspecified atom stereocenters. The van der Waals surface area contributed by atoms with Gasteiger partial charge in [-0.25, -0.2) is 4.79 Å². The van der Waals surface area contributed by atoms with Crippen molar-refractivity contribution in [2.45, 2.75) is 77.3 Å². The molecule has 0 aliphatic heterocycles. The molecule has 3 N–H and O–H groups in total. The Kier molecular flexibility index (Phi) is 7.55. The zero-order chi connectivity index (χ0) is 22.7. The quantitative estimate of drug-likeness (QED) is 0.548. The number of benzene rings is 1. The van der Waals surface area contributed by atoms with E-state index in [0.29, 0.717) is 24.2 Å². The molecule has 0 fully saturated rings. The van der Waals surface area contributed by atoms with Crippen LogP contribution in [0, 0.1) is 0 Å². The van der Waals surface area contributed by atoms with Gasteiger partial charge in [-0.3, -0.25) is 0 Å². The van der Waals surface area contributed by atoms with Crippen molar-refractivity contribution in [3.8, 4) is 0 Å². The summed E-state index contributed by atoms with van der Waals surface area (Å²) in [6, 6.07) is 4.82. The van der Waals surface area contributed by atoms with Gasteiger partial charge in [0.25, 0.3) is 0 Å². The van der Waals surface area contributed by atoms with Crippen LogP contribution in [0.15, 0.2) is 18.2 Å². The van der Waals surface area contributed by atoms with Crippen LogP contribution in [-0.2, 0) is 20.4 Å². The van der Waals surface area contributed by atoms with Crippen LogP contribution in [0.5, 0.6) is 0 Å². The molecule has 0 spiro atoms. The summed E-state index contributed by atoms with van der Waals surface area (Å²) in [6.45, 7) is 16.2. The molecule has 1 aromatic carbocycles. The van der Waals surface area contributed by atoms with Gasteiger partial charge in [0, 0.05) is 24.2 Å². The lowest BCUT2D eigenvalue weighted by Crippen LogP contribution is -2.47. The summed E-state index contributed by atoms with van der Waals surface area (Å²) in [5.74, 6) is -1.10. The second-order valence-electron chi connectivity index (χ2n) is 10.4. The predicted molar refractivity (Wildman–Crippen MR) is 116 cm³/mol. The Bertz CT molecular complexity index is 707. The molecule has 6 heteroatoms. The van der Waals surface area contributed by atoms with E-state index in [9.17, 15) is 19.5 Å². The van der Waals surface area contributed by atoms with Crippen molar-refractivity contribution < 1.29 is 19.5 Å². The number of carboxylic acids is 1. The van der Waals surface area contributed by atoms with Gasteiger partial charge >= 0.3 is 5.97 Å². The molecular weight excluding hydrogens is 368 g/mol. The molecule has 0 radical (unpaired) electrons. The molecule has 29 heavy (non-hydrogen) atoms. The van der Waals surface area contributed by atoms with Crippen molar-refractivity contribution in [2.24, 2.45) is 0 Å². The van der Waals surface area contributed by atoms with Gasteiger partial charge in [-0.05, 0) is 78.6 Å². The first-order valence-electron chi connectivity index (χ1n) is 9.87. The Hall–Kier alpha value is -2.05. The fourth-order valence-electron chi connectivity index (χ4n) is 2.73. The topological polar surface area (TPSA) is 95.5 Å². The van der Waals surface area contributed by atoms with Gasteiger partial charge < -0.3 is 25.3 Å². The lowest BCUT2D eigenvalue weighted by Gasteiger charge is -2.33. The largest absolute Gasteiger partial charge is 0.478 e. The number of hydrogen-bond acceptors (Lipinski definition) is 5. The second-order valence-corrected chi connectivity index (χ2v) is 10.4. The Labute approximate surface area is 174 Å². The van der Waals surface area contributed by atoms with Crippen LogP contribution < -0.4 is 10.6 Å². The molecule has 0 aromatic heterocycles. The molecule has 2 atom stereocenters. The van der Waals surface area contributed by atoms with Crippen LogP contribution in [0.2, 0.25) is 0 Å². The summed E-state index contributed by atoms with van der Waals surface area (Å²) >= 11 is 0. The smallest absolute Gasteiger partial charge is 0.335 e. The summed E-state index contributed by atoms with van der Waals surface area (Å²) in [5, 5.41) is 16.3. The van der Waals surface area contributed by atoms with Gasteiger partial charge in [-0.15, -0.1) is 0 Å². The van der Waals surface area contributed by atoms with Crippen LogP contribution in [-0.4, -0.2) is 47.8 Å². The third kappa shape index (κ3) is 7.05. The van der Waals surface area contributed by atoms with Crippen molar-refractivity contribution in [3.05, 3.63) is 34.9 Å². The average Bonchev–Trinajstić information content (AvgIpc) is 2.62. The van der Waals surface area contributed by atoms with Gasteiger partial charge in [0.15, 0.2) is 0 Å². The lowest BCUT2D eigenvalue weighted by atomic mass is 9.76. The summed E-state index contributed by atoms with van der Waals surface area (Å²) in [4.78, 5) is 35.8. The molecule has 0 saturated carbocycles. The predicted octanol–water partition coefficient (Wildman–Crippen LogP) is 3.07. The van der Waals surface area contributed by atoms with Crippen molar-refractivity contribution in [1.82, 2.24) is 10.6 Å². The van der Waals surface area contributed by atoms with Gasteiger partial charge in [0.1, 0.15) is 12.6 Å². The molecular formula is C23H36N2O4. The van der Waals surface area contributed by atoms with Gasteiger partial charge in [0.05, 0.1) is 16.4 Å². The van der Waals surface area contributed by atoms with E-state index in [2.05, 4.69) is 10.6 Å². The monoisotopic (exact) mass is 404 g/mol. The first-order chi connectivity index (χ1) is 13.1. The Morgan fingerprint density at radius 1 is 0.793 bits per heavy atom. The summed E-state index contributed by atoms with van der Waals surface area (Å²) in [7, 11) is 0. The molecule has 1 aromatic rings. The highest BCUT2D eigenvalue weighted by atomic mass is 16.4. The second kappa shape index (κ2) is 8.76. The Morgan fingerprint density at radius 3 is 1.38 bits per heavy atom. The maximum atomic E-state index is 12.0. The van der Waals surface area contributed by atoms with E-state index in [1.807, 2.05) is 41.5 Å². The van der Waals surface area contributed by atoms with Gasteiger partial charge in [0.2, 0.25) is 0 Å². The molecule has 0 saturated heterocycles. The number of carbonyl (C=O) groups is 3. The minimum Gasteiger partial charge on any atom is -0.478 e. The molecule has 162 valence electrons. The van der Waals surface area contributed by atoms with Crippen molar-refractivity contribution >= 4 is 18.5 Å². The maximum Gasteiger partial charge on any atom is 0.335 e. The van der Waals surface area contributed by atoms with E-state index < -0.39 is 16.8 Å². The number of nitrogens with one attached hydrogen (secondary N) is 2. The van der Waals surface area contributed by atoms with Crippen LogP contribution in [0.3, 0.4) is 0 Å². The summed E-state index contributed by atoms with van der Waals surface area (Å²) < 4.78 is 0. The van der Waals surface area contributed by atoms with E-state index in [1.54, 1.807) is 19.9 Å². The zero-order valence-corrected chi connectivity index (χ0v) is 19.0. The average molecular weight is 405 g/mol. The molecule has 0 amide bonds. The van der Waals surface area contributed by atoms with E-state index in [1.165, 1.54) is 12.1 Å². The van der Waals surface area contributed by atoms with Crippen LogP contribution in [0.25, 0.3) is 0 Å². The first kappa shape index (κ1) is 25.0. The van der Waals surface area contributed by atoms with Crippen molar-refractivity contribution in [3.63, 3.8) is 0 Å². The first-order valence-corrected chi connectivity index (χ1v) is 9.87. The SMILES string of the molecule is CC(C)(C)NCC(C)(C=O)c1cc(C(=O)O)cc(C(C)(C=O)CNC(C)(C)C)c1. The fraction of sp³-hybridized carbons (Fsp3) is 0.609. The van der Waals surface area contributed by atoms with E-state index in [0.717, 1.165) is 12.6 Å². The zero-order valence-electron chi connectivity index (χ0n) is 19.0. The normalized spacial score (nSPS) is 16.6. The maximum absolute atomic E-state index is 12.0. The van der Waals surface area contributed by atoms with Gasteiger partial charge in [-0.1, -0.05) is 6.07 Å². The van der Waals surface area contributed by atoms with Crippen LogP contribution >= 0.6 is 0 Å². The number of carboxylic acid groups (broad SMARTS) is 1. The minimum absolute atomic E-state index is 0.0603.